The molecule has 116 valence electrons. The summed E-state index contributed by atoms with van der Waals surface area (Å²) in [5.41, 5.74) is 0.323. The second-order valence-electron chi connectivity index (χ2n) is 6.79. The second-order valence-corrected chi connectivity index (χ2v) is 6.79. The number of hydrogen-bond acceptors (Lipinski definition) is 2. The zero-order valence-electron chi connectivity index (χ0n) is 13.8. The van der Waals surface area contributed by atoms with E-state index in [1.165, 1.54) is 0 Å². The fraction of sp³-hybridized carbons (Fsp3) is 0.529. The number of nitrogens with one attached hydrogen (secondary N) is 2. The van der Waals surface area contributed by atoms with E-state index in [0.29, 0.717) is 0 Å². The van der Waals surface area contributed by atoms with Gasteiger partial charge in [-0.3, -0.25) is 9.59 Å². The van der Waals surface area contributed by atoms with Gasteiger partial charge in [-0.2, -0.15) is 0 Å². The van der Waals surface area contributed by atoms with Gasteiger partial charge < -0.3 is 10.6 Å². The molecule has 1 rings (SSSR count). The largest absolute Gasteiger partial charge is 0.351 e. The molecule has 0 unspecified atom stereocenters. The number of amides is 2. The van der Waals surface area contributed by atoms with Crippen molar-refractivity contribution in [3.8, 4) is 0 Å². The zero-order valence-corrected chi connectivity index (χ0v) is 13.8. The summed E-state index contributed by atoms with van der Waals surface area (Å²) in [6.45, 7) is 11.0. The van der Waals surface area contributed by atoms with Gasteiger partial charge in [0, 0.05) is 11.2 Å². The molecule has 0 aliphatic heterocycles. The Hall–Kier alpha value is -1.84. The van der Waals surface area contributed by atoms with Crippen LogP contribution in [-0.2, 0) is 16.0 Å². The van der Waals surface area contributed by atoms with Crippen LogP contribution < -0.4 is 10.6 Å². The van der Waals surface area contributed by atoms with Crippen molar-refractivity contribution in [2.24, 2.45) is 5.41 Å². The molecule has 0 heterocycles. The van der Waals surface area contributed by atoms with Crippen molar-refractivity contribution in [3.05, 3.63) is 29.8 Å². The number of aryl methyl sites for hydroxylation is 1. The van der Waals surface area contributed by atoms with Gasteiger partial charge in [0.15, 0.2) is 0 Å². The predicted octanol–water partition coefficient (Wildman–Crippen LogP) is 3.13. The van der Waals surface area contributed by atoms with Gasteiger partial charge in [0.2, 0.25) is 11.8 Å². The molecule has 4 heteroatoms. The molecule has 0 saturated heterocycles. The van der Waals surface area contributed by atoms with Crippen molar-refractivity contribution in [2.75, 3.05) is 5.32 Å². The van der Waals surface area contributed by atoms with E-state index in [4.69, 9.17) is 0 Å². The number of rotatable bonds is 4. The Kier molecular flexibility index (Phi) is 5.15. The minimum absolute atomic E-state index is 0.276. The topological polar surface area (TPSA) is 58.2 Å². The third kappa shape index (κ3) is 4.59. The molecule has 0 aliphatic carbocycles. The Morgan fingerprint density at radius 2 is 1.57 bits per heavy atom. The number of hydrogen-bond donors (Lipinski definition) is 2. The highest BCUT2D eigenvalue weighted by Gasteiger charge is 2.37. The number of carbonyl (C=O) groups excluding carboxylic acids is 2. The lowest BCUT2D eigenvalue weighted by atomic mass is 9.89. The molecular weight excluding hydrogens is 264 g/mol. The normalized spacial score (nSPS) is 11.9. The van der Waals surface area contributed by atoms with Crippen molar-refractivity contribution in [2.45, 2.75) is 53.5 Å². The number of anilines is 1. The van der Waals surface area contributed by atoms with Crippen LogP contribution in [-0.4, -0.2) is 17.4 Å². The van der Waals surface area contributed by atoms with Crippen LogP contribution in [0.4, 0.5) is 5.69 Å². The summed E-state index contributed by atoms with van der Waals surface area (Å²) >= 11 is 0. The molecular formula is C17H26N2O2. The van der Waals surface area contributed by atoms with Crippen molar-refractivity contribution >= 4 is 17.5 Å². The van der Waals surface area contributed by atoms with E-state index in [2.05, 4.69) is 10.6 Å². The third-order valence-corrected chi connectivity index (χ3v) is 3.27. The maximum atomic E-state index is 12.5. The van der Waals surface area contributed by atoms with Crippen LogP contribution in [0.15, 0.2) is 24.3 Å². The maximum absolute atomic E-state index is 12.5. The zero-order chi connectivity index (χ0) is 16.3. The van der Waals surface area contributed by atoms with Crippen LogP contribution in [0.5, 0.6) is 0 Å². The van der Waals surface area contributed by atoms with E-state index in [9.17, 15) is 9.59 Å². The maximum Gasteiger partial charge on any atom is 0.239 e. The van der Waals surface area contributed by atoms with E-state index >= 15 is 0 Å². The summed E-state index contributed by atoms with van der Waals surface area (Å²) in [7, 11) is 0. The van der Waals surface area contributed by atoms with Gasteiger partial charge in [-0.25, -0.2) is 0 Å². The first kappa shape index (κ1) is 17.2. The molecule has 0 fully saturated rings. The summed E-state index contributed by atoms with van der Waals surface area (Å²) in [6.07, 6.45) is 0.824. The molecule has 0 aliphatic rings. The van der Waals surface area contributed by atoms with E-state index in [1.54, 1.807) is 13.8 Å². The lowest BCUT2D eigenvalue weighted by Crippen LogP contribution is -2.51. The lowest BCUT2D eigenvalue weighted by molar-refractivity contribution is -0.139. The van der Waals surface area contributed by atoms with Gasteiger partial charge in [0.1, 0.15) is 5.41 Å². The van der Waals surface area contributed by atoms with Crippen LogP contribution in [0.25, 0.3) is 0 Å². The Morgan fingerprint density at radius 1 is 1.00 bits per heavy atom. The quantitative estimate of drug-likeness (QED) is 0.837. The van der Waals surface area contributed by atoms with Gasteiger partial charge in [-0.1, -0.05) is 25.1 Å². The SMILES string of the molecule is CCc1ccccc1NC(=O)C(C)(C)C(=O)NC(C)(C)C. The number of para-hydroxylation sites is 1. The van der Waals surface area contributed by atoms with Gasteiger partial charge in [-0.05, 0) is 52.7 Å². The summed E-state index contributed by atoms with van der Waals surface area (Å²) in [5, 5.41) is 5.72. The summed E-state index contributed by atoms with van der Waals surface area (Å²) in [6, 6.07) is 7.63. The predicted molar refractivity (Wildman–Crippen MR) is 86.1 cm³/mol. The molecule has 1 aromatic carbocycles. The minimum atomic E-state index is -1.13. The molecule has 0 saturated carbocycles. The smallest absolute Gasteiger partial charge is 0.239 e. The molecule has 0 radical (unpaired) electrons. The summed E-state index contributed by atoms with van der Waals surface area (Å²) < 4.78 is 0. The average Bonchev–Trinajstić information content (AvgIpc) is 2.37. The van der Waals surface area contributed by atoms with Crippen molar-refractivity contribution in [1.82, 2.24) is 5.32 Å². The monoisotopic (exact) mass is 290 g/mol. The highest BCUT2D eigenvalue weighted by atomic mass is 16.2. The highest BCUT2D eigenvalue weighted by Crippen LogP contribution is 2.22. The first-order valence-electron chi connectivity index (χ1n) is 7.30. The van der Waals surface area contributed by atoms with E-state index in [1.807, 2.05) is 52.0 Å². The van der Waals surface area contributed by atoms with Crippen molar-refractivity contribution in [1.29, 1.82) is 0 Å². The van der Waals surface area contributed by atoms with Crippen LogP contribution >= 0.6 is 0 Å². The third-order valence-electron chi connectivity index (χ3n) is 3.27. The summed E-state index contributed by atoms with van der Waals surface area (Å²) in [4.78, 5) is 24.8. The molecule has 0 atom stereocenters. The van der Waals surface area contributed by atoms with Crippen LogP contribution in [0.1, 0.15) is 47.1 Å². The van der Waals surface area contributed by atoms with Gasteiger partial charge in [0.25, 0.3) is 0 Å². The Morgan fingerprint density at radius 3 is 2.10 bits per heavy atom. The van der Waals surface area contributed by atoms with Gasteiger partial charge in [0.05, 0.1) is 0 Å². The standard InChI is InChI=1S/C17H26N2O2/c1-7-12-10-8-9-11-13(12)18-14(20)17(5,6)15(21)19-16(2,3)4/h8-11H,7H2,1-6H3,(H,18,20)(H,19,21). The molecule has 0 aromatic heterocycles. The lowest BCUT2D eigenvalue weighted by Gasteiger charge is -2.28. The fourth-order valence-electron chi connectivity index (χ4n) is 1.83. The average molecular weight is 290 g/mol. The molecule has 21 heavy (non-hydrogen) atoms. The minimum Gasteiger partial charge on any atom is -0.351 e. The molecule has 2 N–H and O–H groups in total. The highest BCUT2D eigenvalue weighted by molar-refractivity contribution is 6.10. The Labute approximate surface area is 127 Å². The second kappa shape index (κ2) is 6.29. The van der Waals surface area contributed by atoms with E-state index in [0.717, 1.165) is 17.7 Å². The van der Waals surface area contributed by atoms with Crippen LogP contribution in [0, 0.1) is 5.41 Å². The number of benzene rings is 1. The van der Waals surface area contributed by atoms with Gasteiger partial charge in [-0.15, -0.1) is 0 Å². The van der Waals surface area contributed by atoms with Crippen LogP contribution in [0.2, 0.25) is 0 Å². The molecule has 4 nitrogen and oxygen atoms in total. The van der Waals surface area contributed by atoms with Crippen molar-refractivity contribution in [3.63, 3.8) is 0 Å². The molecule has 2 amide bonds. The number of carbonyl (C=O) groups is 2. The molecule has 0 spiro atoms. The van der Waals surface area contributed by atoms with E-state index < -0.39 is 5.41 Å². The van der Waals surface area contributed by atoms with Crippen LogP contribution in [0.3, 0.4) is 0 Å². The fourth-order valence-corrected chi connectivity index (χ4v) is 1.83. The Balaban J connectivity index is 2.89. The van der Waals surface area contributed by atoms with E-state index in [-0.39, 0.29) is 17.4 Å². The molecule has 1 aromatic rings. The Bertz CT molecular complexity index is 528. The van der Waals surface area contributed by atoms with Gasteiger partial charge >= 0.3 is 0 Å². The summed E-state index contributed by atoms with van der Waals surface area (Å²) in [5.74, 6) is -0.577. The van der Waals surface area contributed by atoms with Crippen molar-refractivity contribution < 1.29 is 9.59 Å². The first-order chi connectivity index (χ1) is 9.58. The molecule has 0 bridgehead atoms. The first-order valence-corrected chi connectivity index (χ1v) is 7.30.